The maximum absolute atomic E-state index is 13.7. The van der Waals surface area contributed by atoms with Gasteiger partial charge >= 0.3 is 11.9 Å². The number of benzene rings is 1. The van der Waals surface area contributed by atoms with Gasteiger partial charge in [-0.25, -0.2) is 4.79 Å². The number of dihydropyridines is 1. The third-order valence-corrected chi connectivity index (χ3v) is 6.18. The summed E-state index contributed by atoms with van der Waals surface area (Å²) in [6, 6.07) is 7.20. The van der Waals surface area contributed by atoms with E-state index >= 15 is 0 Å². The van der Waals surface area contributed by atoms with Crippen molar-refractivity contribution < 1.29 is 33.3 Å². The van der Waals surface area contributed by atoms with Crippen molar-refractivity contribution >= 4 is 17.7 Å². The standard InChI is InChI=1S/C26H33NO7/c1-14(2)33-11-12-34-26(30)21-16(4)27-19-13-15(3)20(25(29)32-6)24(28)23(19)22(21)17-7-9-18(31-5)10-8-17/h7-10,14-15,20,22,27H,11-13H2,1-6H3/t15-,20+,22+/m0/s1. The van der Waals surface area contributed by atoms with Crippen LogP contribution in [0.15, 0.2) is 46.8 Å². The number of hydrogen-bond acceptors (Lipinski definition) is 8. The lowest BCUT2D eigenvalue weighted by Gasteiger charge is -2.38. The van der Waals surface area contributed by atoms with Gasteiger partial charge in [0.2, 0.25) is 0 Å². The Morgan fingerprint density at radius 2 is 1.79 bits per heavy atom. The smallest absolute Gasteiger partial charge is 0.336 e. The zero-order valence-electron chi connectivity index (χ0n) is 20.6. The fourth-order valence-electron chi connectivity index (χ4n) is 4.58. The summed E-state index contributed by atoms with van der Waals surface area (Å²) >= 11 is 0. The molecule has 0 spiro atoms. The van der Waals surface area contributed by atoms with Gasteiger partial charge in [-0.3, -0.25) is 9.59 Å². The minimum absolute atomic E-state index is 0.0212. The number of rotatable bonds is 8. The molecule has 1 heterocycles. The van der Waals surface area contributed by atoms with Crippen LogP contribution in [0.2, 0.25) is 0 Å². The Morgan fingerprint density at radius 3 is 2.38 bits per heavy atom. The van der Waals surface area contributed by atoms with Crippen molar-refractivity contribution in [3.63, 3.8) is 0 Å². The summed E-state index contributed by atoms with van der Waals surface area (Å²) in [7, 11) is 2.84. The summed E-state index contributed by atoms with van der Waals surface area (Å²) in [5, 5.41) is 3.25. The second-order valence-corrected chi connectivity index (χ2v) is 8.86. The fourth-order valence-corrected chi connectivity index (χ4v) is 4.58. The Labute approximate surface area is 200 Å². The molecule has 3 atom stereocenters. The number of carbonyl (C=O) groups is 3. The minimum atomic E-state index is -0.929. The van der Waals surface area contributed by atoms with Gasteiger partial charge in [-0.1, -0.05) is 19.1 Å². The highest BCUT2D eigenvalue weighted by Crippen LogP contribution is 2.45. The van der Waals surface area contributed by atoms with Gasteiger partial charge in [0, 0.05) is 22.9 Å². The van der Waals surface area contributed by atoms with E-state index in [2.05, 4.69) is 5.32 Å². The first kappa shape index (κ1) is 25.5. The highest BCUT2D eigenvalue weighted by Gasteiger charge is 2.47. The summed E-state index contributed by atoms with van der Waals surface area (Å²) in [6.45, 7) is 7.81. The molecule has 0 saturated carbocycles. The average molecular weight is 472 g/mol. The Kier molecular flexibility index (Phi) is 8.15. The number of ether oxygens (including phenoxy) is 4. The molecule has 0 unspecified atom stereocenters. The van der Waals surface area contributed by atoms with Crippen LogP contribution >= 0.6 is 0 Å². The molecule has 2 aliphatic rings. The van der Waals surface area contributed by atoms with E-state index < -0.39 is 23.8 Å². The van der Waals surface area contributed by atoms with E-state index in [9.17, 15) is 14.4 Å². The molecule has 1 N–H and O–H groups in total. The molecule has 0 saturated heterocycles. The lowest BCUT2D eigenvalue weighted by molar-refractivity contribution is -0.151. The van der Waals surface area contributed by atoms with Crippen molar-refractivity contribution in [1.82, 2.24) is 5.32 Å². The summed E-state index contributed by atoms with van der Waals surface area (Å²) in [5.41, 5.74) is 2.79. The van der Waals surface area contributed by atoms with Crippen LogP contribution in [-0.2, 0) is 28.6 Å². The number of hydrogen-bond donors (Lipinski definition) is 1. The van der Waals surface area contributed by atoms with E-state index in [0.717, 1.165) is 11.3 Å². The van der Waals surface area contributed by atoms with Crippen LogP contribution in [0.5, 0.6) is 5.75 Å². The SMILES string of the molecule is COC(=O)[C@H]1C(=O)C2=C(C[C@@H]1C)NC(C)=C(C(=O)OCCOC(C)C)[C@H]2c1ccc(OC)cc1. The monoisotopic (exact) mass is 471 g/mol. The normalized spacial score (nSPS) is 22.3. The van der Waals surface area contributed by atoms with Gasteiger partial charge in [0.15, 0.2) is 5.78 Å². The van der Waals surface area contributed by atoms with Gasteiger partial charge in [0.25, 0.3) is 0 Å². The van der Waals surface area contributed by atoms with Crippen LogP contribution in [0.3, 0.4) is 0 Å². The van der Waals surface area contributed by atoms with E-state index in [1.807, 2.05) is 32.9 Å². The Morgan fingerprint density at radius 1 is 1.12 bits per heavy atom. The van der Waals surface area contributed by atoms with Gasteiger partial charge < -0.3 is 24.3 Å². The topological polar surface area (TPSA) is 100 Å². The first-order chi connectivity index (χ1) is 16.2. The van der Waals surface area contributed by atoms with E-state index in [0.29, 0.717) is 29.0 Å². The molecule has 1 aromatic rings. The molecule has 0 bridgehead atoms. The molecule has 0 radical (unpaired) electrons. The van der Waals surface area contributed by atoms with Crippen molar-refractivity contribution in [2.24, 2.45) is 11.8 Å². The van der Waals surface area contributed by atoms with Crippen molar-refractivity contribution in [2.75, 3.05) is 27.4 Å². The molecule has 0 fully saturated rings. The second kappa shape index (κ2) is 10.9. The largest absolute Gasteiger partial charge is 0.497 e. The molecule has 3 rings (SSSR count). The highest BCUT2D eigenvalue weighted by molar-refractivity contribution is 6.12. The zero-order chi connectivity index (χ0) is 25.0. The summed E-state index contributed by atoms with van der Waals surface area (Å²) < 4.78 is 21.2. The van der Waals surface area contributed by atoms with E-state index in [1.165, 1.54) is 7.11 Å². The van der Waals surface area contributed by atoms with Crippen molar-refractivity contribution in [3.8, 4) is 5.75 Å². The molecule has 8 nitrogen and oxygen atoms in total. The molecular weight excluding hydrogens is 438 g/mol. The predicted octanol–water partition coefficient (Wildman–Crippen LogP) is 3.28. The van der Waals surface area contributed by atoms with Crippen molar-refractivity contribution in [3.05, 3.63) is 52.4 Å². The second-order valence-electron chi connectivity index (χ2n) is 8.86. The lowest BCUT2D eigenvalue weighted by atomic mass is 9.69. The summed E-state index contributed by atoms with van der Waals surface area (Å²) in [4.78, 5) is 39.4. The lowest BCUT2D eigenvalue weighted by Crippen LogP contribution is -2.43. The number of methoxy groups -OCH3 is 2. The Bertz CT molecular complexity index is 1010. The van der Waals surface area contributed by atoms with Gasteiger partial charge in [0.1, 0.15) is 18.3 Å². The fraction of sp³-hybridized carbons (Fsp3) is 0.500. The Hall–Kier alpha value is -3.13. The van der Waals surface area contributed by atoms with Crippen LogP contribution in [0, 0.1) is 11.8 Å². The average Bonchev–Trinajstić information content (AvgIpc) is 2.80. The zero-order valence-corrected chi connectivity index (χ0v) is 20.6. The number of allylic oxidation sites excluding steroid dienone is 3. The Balaban J connectivity index is 2.03. The number of nitrogens with one attached hydrogen (secondary N) is 1. The molecule has 8 heteroatoms. The molecule has 1 aromatic carbocycles. The molecule has 34 heavy (non-hydrogen) atoms. The van der Waals surface area contributed by atoms with Crippen LogP contribution in [-0.4, -0.2) is 51.3 Å². The molecule has 1 aliphatic heterocycles. The van der Waals surface area contributed by atoms with Crippen LogP contribution in [0.1, 0.15) is 45.6 Å². The van der Waals surface area contributed by atoms with Gasteiger partial charge in [-0.15, -0.1) is 0 Å². The maximum atomic E-state index is 13.7. The third-order valence-electron chi connectivity index (χ3n) is 6.18. The molecule has 0 aromatic heterocycles. The quantitative estimate of drug-likeness (QED) is 0.350. The minimum Gasteiger partial charge on any atom is -0.497 e. The van der Waals surface area contributed by atoms with Gasteiger partial charge in [0.05, 0.1) is 32.5 Å². The molecule has 1 aliphatic carbocycles. The van der Waals surface area contributed by atoms with Crippen LogP contribution < -0.4 is 10.1 Å². The molecule has 0 amide bonds. The summed E-state index contributed by atoms with van der Waals surface area (Å²) in [5.74, 6) is -2.65. The first-order valence-electron chi connectivity index (χ1n) is 11.4. The van der Waals surface area contributed by atoms with Crippen LogP contribution in [0.25, 0.3) is 0 Å². The number of Topliss-reactive ketones (excluding diaryl/α,β-unsaturated/α-hetero) is 1. The van der Waals surface area contributed by atoms with E-state index in [-0.39, 0.29) is 31.0 Å². The molecule has 184 valence electrons. The summed E-state index contributed by atoms with van der Waals surface area (Å²) in [6.07, 6.45) is 0.503. The number of esters is 2. The van der Waals surface area contributed by atoms with Gasteiger partial charge in [-0.2, -0.15) is 0 Å². The predicted molar refractivity (Wildman–Crippen MR) is 125 cm³/mol. The van der Waals surface area contributed by atoms with Crippen molar-refractivity contribution in [2.45, 2.75) is 46.1 Å². The maximum Gasteiger partial charge on any atom is 0.336 e. The third kappa shape index (κ3) is 5.17. The van der Waals surface area contributed by atoms with E-state index in [4.69, 9.17) is 18.9 Å². The van der Waals surface area contributed by atoms with Crippen LogP contribution in [0.4, 0.5) is 0 Å². The van der Waals surface area contributed by atoms with Crippen molar-refractivity contribution in [1.29, 1.82) is 0 Å². The van der Waals surface area contributed by atoms with Gasteiger partial charge in [-0.05, 0) is 50.8 Å². The molecular formula is C26H33NO7. The number of carbonyl (C=O) groups excluding carboxylic acids is 3. The highest BCUT2D eigenvalue weighted by atomic mass is 16.6. The van der Waals surface area contributed by atoms with E-state index in [1.54, 1.807) is 26.2 Å². The first-order valence-corrected chi connectivity index (χ1v) is 11.4. The number of ketones is 1.